The van der Waals surface area contributed by atoms with E-state index < -0.39 is 5.97 Å². The largest absolute Gasteiger partial charge is 0.481 e. The SMILES string of the molecule is O=C(O)CCC(=O)CNc1ccccc1. The molecule has 1 rings (SSSR count). The maximum absolute atomic E-state index is 11.2. The zero-order chi connectivity index (χ0) is 11.1. The van der Waals surface area contributed by atoms with E-state index in [1.54, 1.807) is 0 Å². The average Bonchev–Trinajstić information content (AvgIpc) is 2.25. The number of Topliss-reactive ketones (excluding diaryl/α,β-unsaturated/α-hetero) is 1. The molecule has 80 valence electrons. The molecule has 0 saturated carbocycles. The van der Waals surface area contributed by atoms with E-state index in [2.05, 4.69) is 5.32 Å². The highest BCUT2D eigenvalue weighted by atomic mass is 16.4. The summed E-state index contributed by atoms with van der Waals surface area (Å²) in [4.78, 5) is 21.4. The van der Waals surface area contributed by atoms with Gasteiger partial charge in [0.2, 0.25) is 0 Å². The summed E-state index contributed by atoms with van der Waals surface area (Å²) in [6, 6.07) is 9.32. The van der Waals surface area contributed by atoms with Crippen LogP contribution in [0.25, 0.3) is 0 Å². The average molecular weight is 207 g/mol. The summed E-state index contributed by atoms with van der Waals surface area (Å²) < 4.78 is 0. The van der Waals surface area contributed by atoms with E-state index in [0.717, 1.165) is 5.69 Å². The first-order chi connectivity index (χ1) is 7.18. The van der Waals surface area contributed by atoms with Gasteiger partial charge in [-0.25, -0.2) is 0 Å². The number of carbonyl (C=O) groups is 2. The van der Waals surface area contributed by atoms with Gasteiger partial charge in [-0.3, -0.25) is 9.59 Å². The molecule has 0 aliphatic carbocycles. The van der Waals surface area contributed by atoms with Crippen molar-refractivity contribution in [3.63, 3.8) is 0 Å². The smallest absolute Gasteiger partial charge is 0.303 e. The number of aliphatic carboxylic acids is 1. The van der Waals surface area contributed by atoms with E-state index in [1.807, 2.05) is 30.3 Å². The Bertz CT molecular complexity index is 335. The monoisotopic (exact) mass is 207 g/mol. The van der Waals surface area contributed by atoms with Crippen molar-refractivity contribution >= 4 is 17.4 Å². The second-order valence-corrected chi connectivity index (χ2v) is 3.15. The van der Waals surface area contributed by atoms with Gasteiger partial charge in [-0.15, -0.1) is 0 Å². The Morgan fingerprint density at radius 3 is 2.40 bits per heavy atom. The summed E-state index contributed by atoms with van der Waals surface area (Å²) in [5.41, 5.74) is 0.862. The standard InChI is InChI=1S/C11H13NO3/c13-10(6-7-11(14)15)8-12-9-4-2-1-3-5-9/h1-5,12H,6-8H2,(H,14,15). The van der Waals surface area contributed by atoms with Crippen molar-refractivity contribution in [2.45, 2.75) is 12.8 Å². The molecule has 2 N–H and O–H groups in total. The molecule has 0 aliphatic rings. The molecule has 0 aliphatic heterocycles. The lowest BCUT2D eigenvalue weighted by atomic mass is 10.2. The Balaban J connectivity index is 2.26. The normalized spacial score (nSPS) is 9.60. The Kier molecular flexibility index (Phi) is 4.34. The van der Waals surface area contributed by atoms with Gasteiger partial charge in [0, 0.05) is 12.1 Å². The molecule has 0 saturated heterocycles. The molecular formula is C11H13NO3. The Morgan fingerprint density at radius 1 is 1.13 bits per heavy atom. The van der Waals surface area contributed by atoms with Crippen LogP contribution in [0.4, 0.5) is 5.69 Å². The maximum atomic E-state index is 11.2. The van der Waals surface area contributed by atoms with Crippen LogP contribution in [-0.2, 0) is 9.59 Å². The Labute approximate surface area is 87.9 Å². The van der Waals surface area contributed by atoms with Crippen LogP contribution in [0.5, 0.6) is 0 Å². The van der Waals surface area contributed by atoms with E-state index in [9.17, 15) is 9.59 Å². The highest BCUT2D eigenvalue weighted by molar-refractivity contribution is 5.85. The molecule has 0 fully saturated rings. The minimum Gasteiger partial charge on any atom is -0.481 e. The fourth-order valence-electron chi connectivity index (χ4n) is 1.09. The molecule has 4 heteroatoms. The second kappa shape index (κ2) is 5.80. The van der Waals surface area contributed by atoms with Crippen LogP contribution >= 0.6 is 0 Å². The molecule has 4 nitrogen and oxygen atoms in total. The molecule has 1 aromatic rings. The minimum atomic E-state index is -0.942. The number of carbonyl (C=O) groups excluding carboxylic acids is 1. The molecule has 0 atom stereocenters. The van der Waals surface area contributed by atoms with E-state index in [-0.39, 0.29) is 25.2 Å². The van der Waals surface area contributed by atoms with Crippen LogP contribution in [-0.4, -0.2) is 23.4 Å². The van der Waals surface area contributed by atoms with Crippen molar-refractivity contribution in [3.8, 4) is 0 Å². The summed E-state index contributed by atoms with van der Waals surface area (Å²) in [7, 11) is 0. The molecule has 0 unspecified atom stereocenters. The molecule has 0 heterocycles. The topological polar surface area (TPSA) is 66.4 Å². The van der Waals surface area contributed by atoms with Gasteiger partial charge >= 0.3 is 5.97 Å². The third-order valence-electron chi connectivity index (χ3n) is 1.88. The van der Waals surface area contributed by atoms with Crippen LogP contribution < -0.4 is 5.32 Å². The van der Waals surface area contributed by atoms with Crippen molar-refractivity contribution in [2.75, 3.05) is 11.9 Å². The van der Waals surface area contributed by atoms with Crippen LogP contribution in [0, 0.1) is 0 Å². The molecule has 0 spiro atoms. The summed E-state index contributed by atoms with van der Waals surface area (Å²) in [6.45, 7) is 0.178. The lowest BCUT2D eigenvalue weighted by molar-refractivity contribution is -0.138. The lowest BCUT2D eigenvalue weighted by Crippen LogP contribution is -2.14. The highest BCUT2D eigenvalue weighted by Crippen LogP contribution is 2.04. The first-order valence-corrected chi connectivity index (χ1v) is 4.71. The van der Waals surface area contributed by atoms with E-state index >= 15 is 0 Å². The van der Waals surface area contributed by atoms with Gasteiger partial charge in [-0.1, -0.05) is 18.2 Å². The van der Waals surface area contributed by atoms with E-state index in [1.165, 1.54) is 0 Å². The number of rotatable bonds is 6. The molecule has 0 bridgehead atoms. The lowest BCUT2D eigenvalue weighted by Gasteiger charge is -2.04. The van der Waals surface area contributed by atoms with Crippen LogP contribution in [0.1, 0.15) is 12.8 Å². The number of carboxylic acid groups (broad SMARTS) is 1. The summed E-state index contributed by atoms with van der Waals surface area (Å²) in [5, 5.41) is 11.3. The van der Waals surface area contributed by atoms with Crippen LogP contribution in [0.15, 0.2) is 30.3 Å². The zero-order valence-corrected chi connectivity index (χ0v) is 8.27. The number of nitrogens with one attached hydrogen (secondary N) is 1. The molecule has 0 aromatic heterocycles. The van der Waals surface area contributed by atoms with Gasteiger partial charge in [0.25, 0.3) is 0 Å². The minimum absolute atomic E-state index is 0.0785. The van der Waals surface area contributed by atoms with Crippen LogP contribution in [0.2, 0.25) is 0 Å². The fourth-order valence-corrected chi connectivity index (χ4v) is 1.09. The number of hydrogen-bond acceptors (Lipinski definition) is 3. The molecule has 0 radical (unpaired) electrons. The van der Waals surface area contributed by atoms with Crippen LogP contribution in [0.3, 0.4) is 0 Å². The number of benzene rings is 1. The summed E-state index contributed by atoms with van der Waals surface area (Å²) in [6.07, 6.45) is -0.0233. The predicted octanol–water partition coefficient (Wildman–Crippen LogP) is 1.53. The van der Waals surface area contributed by atoms with Gasteiger partial charge in [-0.2, -0.15) is 0 Å². The van der Waals surface area contributed by atoms with Crippen molar-refractivity contribution in [1.29, 1.82) is 0 Å². The molecule has 1 aromatic carbocycles. The number of anilines is 1. The van der Waals surface area contributed by atoms with Gasteiger partial charge in [0.15, 0.2) is 5.78 Å². The summed E-state index contributed by atoms with van der Waals surface area (Å²) >= 11 is 0. The van der Waals surface area contributed by atoms with Crippen molar-refractivity contribution < 1.29 is 14.7 Å². The maximum Gasteiger partial charge on any atom is 0.303 e. The third-order valence-corrected chi connectivity index (χ3v) is 1.88. The van der Waals surface area contributed by atoms with E-state index in [0.29, 0.717) is 0 Å². The molecular weight excluding hydrogens is 194 g/mol. The first-order valence-electron chi connectivity index (χ1n) is 4.71. The van der Waals surface area contributed by atoms with Gasteiger partial charge in [0.1, 0.15) is 0 Å². The Morgan fingerprint density at radius 2 is 1.80 bits per heavy atom. The quantitative estimate of drug-likeness (QED) is 0.742. The molecule has 15 heavy (non-hydrogen) atoms. The number of hydrogen-bond donors (Lipinski definition) is 2. The number of carboxylic acids is 1. The van der Waals surface area contributed by atoms with Gasteiger partial charge in [-0.05, 0) is 12.1 Å². The summed E-state index contributed by atoms with van der Waals surface area (Å²) in [5.74, 6) is -1.04. The van der Waals surface area contributed by atoms with E-state index in [4.69, 9.17) is 5.11 Å². The Hall–Kier alpha value is -1.84. The third kappa shape index (κ3) is 4.81. The molecule has 0 amide bonds. The first kappa shape index (κ1) is 11.2. The van der Waals surface area contributed by atoms with Crippen molar-refractivity contribution in [1.82, 2.24) is 0 Å². The highest BCUT2D eigenvalue weighted by Gasteiger charge is 2.04. The van der Waals surface area contributed by atoms with Crippen molar-refractivity contribution in [2.24, 2.45) is 0 Å². The number of ketones is 1. The fraction of sp³-hybridized carbons (Fsp3) is 0.273. The van der Waals surface area contributed by atoms with Gasteiger partial charge < -0.3 is 10.4 Å². The van der Waals surface area contributed by atoms with Gasteiger partial charge in [0.05, 0.1) is 13.0 Å². The zero-order valence-electron chi connectivity index (χ0n) is 8.27. The number of para-hydroxylation sites is 1. The van der Waals surface area contributed by atoms with Crippen molar-refractivity contribution in [3.05, 3.63) is 30.3 Å². The predicted molar refractivity (Wildman–Crippen MR) is 56.8 cm³/mol. The second-order valence-electron chi connectivity index (χ2n) is 3.15.